The Morgan fingerprint density at radius 3 is 2.78 bits per heavy atom. The lowest BCUT2D eigenvalue weighted by atomic mass is 10.2. The van der Waals surface area contributed by atoms with Gasteiger partial charge in [-0.3, -0.25) is 0 Å². The molecular formula is C15H20N2O. The Morgan fingerprint density at radius 2 is 2.06 bits per heavy atom. The summed E-state index contributed by atoms with van der Waals surface area (Å²) in [6.45, 7) is 5.83. The summed E-state index contributed by atoms with van der Waals surface area (Å²) in [7, 11) is 0. The van der Waals surface area contributed by atoms with Gasteiger partial charge in [-0.2, -0.15) is 0 Å². The van der Waals surface area contributed by atoms with Crippen LogP contribution in [-0.2, 0) is 6.54 Å². The molecule has 0 aliphatic rings. The number of aromatic nitrogens is 1. The Bertz CT molecular complexity index is 463. The van der Waals surface area contributed by atoms with Crippen LogP contribution in [0.25, 0.3) is 0 Å². The molecule has 2 rings (SSSR count). The first kappa shape index (κ1) is 12.6. The smallest absolute Gasteiger partial charge is 0.142 e. The van der Waals surface area contributed by atoms with Crippen LogP contribution in [0.1, 0.15) is 19.4 Å². The van der Waals surface area contributed by atoms with E-state index in [0.29, 0.717) is 5.92 Å². The Morgan fingerprint density at radius 1 is 1.22 bits per heavy atom. The molecule has 0 saturated heterocycles. The van der Waals surface area contributed by atoms with E-state index in [1.54, 1.807) is 0 Å². The zero-order valence-corrected chi connectivity index (χ0v) is 10.9. The largest absolute Gasteiger partial charge is 0.491 e. The molecule has 0 amide bonds. The number of H-pyrrole nitrogens is 1. The maximum atomic E-state index is 5.80. The average Bonchev–Trinajstić information content (AvgIpc) is 2.88. The van der Waals surface area contributed by atoms with Crippen LogP contribution in [0.3, 0.4) is 0 Å². The Kier molecular flexibility index (Phi) is 4.29. The van der Waals surface area contributed by atoms with E-state index in [2.05, 4.69) is 30.2 Å². The fourth-order valence-electron chi connectivity index (χ4n) is 1.66. The van der Waals surface area contributed by atoms with Crippen molar-refractivity contribution in [1.29, 1.82) is 0 Å². The van der Waals surface area contributed by atoms with Crippen molar-refractivity contribution in [2.24, 2.45) is 5.92 Å². The minimum absolute atomic E-state index is 0.530. The van der Waals surface area contributed by atoms with Gasteiger partial charge in [-0.25, -0.2) is 0 Å². The molecule has 0 aliphatic carbocycles. The molecule has 1 aromatic heterocycles. The van der Waals surface area contributed by atoms with Crippen molar-refractivity contribution < 1.29 is 4.74 Å². The van der Waals surface area contributed by atoms with Crippen molar-refractivity contribution >= 4 is 5.69 Å². The Hall–Kier alpha value is -1.90. The Labute approximate surface area is 108 Å². The molecule has 96 valence electrons. The SMILES string of the molecule is CC(C)COc1ccccc1NCc1cc[nH]c1. The van der Waals surface area contributed by atoms with Crippen LogP contribution in [0.4, 0.5) is 5.69 Å². The number of hydrogen-bond donors (Lipinski definition) is 2. The molecule has 2 N–H and O–H groups in total. The summed E-state index contributed by atoms with van der Waals surface area (Å²) in [4.78, 5) is 3.05. The number of aromatic amines is 1. The fourth-order valence-corrected chi connectivity index (χ4v) is 1.66. The van der Waals surface area contributed by atoms with Crippen molar-refractivity contribution in [2.75, 3.05) is 11.9 Å². The highest BCUT2D eigenvalue weighted by Crippen LogP contribution is 2.24. The monoisotopic (exact) mass is 244 g/mol. The number of para-hydroxylation sites is 2. The summed E-state index contributed by atoms with van der Waals surface area (Å²) in [6.07, 6.45) is 3.92. The van der Waals surface area contributed by atoms with Gasteiger partial charge in [-0.1, -0.05) is 26.0 Å². The summed E-state index contributed by atoms with van der Waals surface area (Å²) < 4.78 is 5.80. The van der Waals surface area contributed by atoms with Gasteiger partial charge >= 0.3 is 0 Å². The molecule has 1 aromatic carbocycles. The van der Waals surface area contributed by atoms with Crippen LogP contribution in [0.2, 0.25) is 0 Å². The third kappa shape index (κ3) is 3.55. The third-order valence-corrected chi connectivity index (χ3v) is 2.60. The second kappa shape index (κ2) is 6.15. The molecule has 0 bridgehead atoms. The molecule has 0 saturated carbocycles. The second-order valence-corrected chi connectivity index (χ2v) is 4.77. The van der Waals surface area contributed by atoms with Crippen LogP contribution in [0.5, 0.6) is 5.75 Å². The van der Waals surface area contributed by atoms with Crippen molar-refractivity contribution in [1.82, 2.24) is 4.98 Å². The van der Waals surface area contributed by atoms with E-state index in [1.807, 2.05) is 36.7 Å². The Balaban J connectivity index is 1.98. The van der Waals surface area contributed by atoms with Gasteiger partial charge in [0.1, 0.15) is 5.75 Å². The van der Waals surface area contributed by atoms with E-state index in [-0.39, 0.29) is 0 Å². The second-order valence-electron chi connectivity index (χ2n) is 4.77. The lowest BCUT2D eigenvalue weighted by molar-refractivity contribution is 0.272. The first-order chi connectivity index (χ1) is 8.75. The average molecular weight is 244 g/mol. The molecule has 0 atom stereocenters. The minimum atomic E-state index is 0.530. The summed E-state index contributed by atoms with van der Waals surface area (Å²) >= 11 is 0. The van der Waals surface area contributed by atoms with Crippen molar-refractivity contribution in [2.45, 2.75) is 20.4 Å². The van der Waals surface area contributed by atoms with Gasteiger partial charge in [0.05, 0.1) is 12.3 Å². The fraction of sp³-hybridized carbons (Fsp3) is 0.333. The number of benzene rings is 1. The normalized spacial score (nSPS) is 10.6. The highest BCUT2D eigenvalue weighted by molar-refractivity contribution is 5.56. The first-order valence-corrected chi connectivity index (χ1v) is 6.33. The molecule has 1 heterocycles. The molecule has 0 aliphatic heterocycles. The van der Waals surface area contributed by atoms with Gasteiger partial charge in [-0.05, 0) is 29.7 Å². The lowest BCUT2D eigenvalue weighted by Gasteiger charge is -2.14. The number of hydrogen-bond acceptors (Lipinski definition) is 2. The van der Waals surface area contributed by atoms with Gasteiger partial charge in [0.2, 0.25) is 0 Å². The summed E-state index contributed by atoms with van der Waals surface area (Å²) in [6, 6.07) is 10.1. The van der Waals surface area contributed by atoms with Crippen LogP contribution < -0.4 is 10.1 Å². The molecule has 2 aromatic rings. The van der Waals surface area contributed by atoms with E-state index in [1.165, 1.54) is 5.56 Å². The predicted molar refractivity (Wildman–Crippen MR) is 74.9 cm³/mol. The van der Waals surface area contributed by atoms with Crippen molar-refractivity contribution in [3.8, 4) is 5.75 Å². The van der Waals surface area contributed by atoms with Crippen LogP contribution in [0, 0.1) is 5.92 Å². The van der Waals surface area contributed by atoms with Crippen LogP contribution in [-0.4, -0.2) is 11.6 Å². The first-order valence-electron chi connectivity index (χ1n) is 6.33. The highest BCUT2D eigenvalue weighted by atomic mass is 16.5. The number of nitrogens with one attached hydrogen (secondary N) is 2. The lowest BCUT2D eigenvalue weighted by Crippen LogP contribution is -2.07. The van der Waals surface area contributed by atoms with Gasteiger partial charge < -0.3 is 15.0 Å². The summed E-state index contributed by atoms with van der Waals surface area (Å²) in [5.41, 5.74) is 2.27. The van der Waals surface area contributed by atoms with Gasteiger partial charge in [0.15, 0.2) is 0 Å². The summed E-state index contributed by atoms with van der Waals surface area (Å²) in [5, 5.41) is 3.39. The molecule has 3 heteroatoms. The maximum Gasteiger partial charge on any atom is 0.142 e. The number of anilines is 1. The predicted octanol–water partition coefficient (Wildman–Crippen LogP) is 3.66. The zero-order valence-electron chi connectivity index (χ0n) is 10.9. The standard InChI is InChI=1S/C15H20N2O/c1-12(2)11-18-15-6-4-3-5-14(15)17-10-13-7-8-16-9-13/h3-9,12,16-17H,10-11H2,1-2H3. The van der Waals surface area contributed by atoms with E-state index in [9.17, 15) is 0 Å². The molecule has 0 radical (unpaired) electrons. The van der Waals surface area contributed by atoms with E-state index >= 15 is 0 Å². The number of rotatable bonds is 6. The maximum absolute atomic E-state index is 5.80. The molecule has 0 fully saturated rings. The van der Waals surface area contributed by atoms with Crippen molar-refractivity contribution in [3.05, 3.63) is 48.3 Å². The van der Waals surface area contributed by atoms with Gasteiger partial charge in [0, 0.05) is 18.9 Å². The minimum Gasteiger partial charge on any atom is -0.491 e. The molecule has 3 nitrogen and oxygen atoms in total. The quantitative estimate of drug-likeness (QED) is 0.813. The third-order valence-electron chi connectivity index (χ3n) is 2.60. The van der Waals surface area contributed by atoms with E-state index in [4.69, 9.17) is 4.74 Å². The van der Waals surface area contributed by atoms with Crippen LogP contribution >= 0.6 is 0 Å². The van der Waals surface area contributed by atoms with Crippen molar-refractivity contribution in [3.63, 3.8) is 0 Å². The summed E-state index contributed by atoms with van der Waals surface area (Å²) in [5.74, 6) is 1.45. The molecular weight excluding hydrogens is 224 g/mol. The van der Waals surface area contributed by atoms with E-state index < -0.39 is 0 Å². The molecule has 0 spiro atoms. The highest BCUT2D eigenvalue weighted by Gasteiger charge is 2.03. The molecule has 18 heavy (non-hydrogen) atoms. The van der Waals surface area contributed by atoms with E-state index in [0.717, 1.165) is 24.6 Å². The number of ether oxygens (including phenoxy) is 1. The zero-order chi connectivity index (χ0) is 12.8. The van der Waals surface area contributed by atoms with Gasteiger partial charge in [0.25, 0.3) is 0 Å². The van der Waals surface area contributed by atoms with Gasteiger partial charge in [-0.15, -0.1) is 0 Å². The van der Waals surface area contributed by atoms with Crippen LogP contribution in [0.15, 0.2) is 42.7 Å². The topological polar surface area (TPSA) is 37.0 Å². The molecule has 0 unspecified atom stereocenters.